The Morgan fingerprint density at radius 2 is 2.06 bits per heavy atom. The minimum absolute atomic E-state index is 0.366. The van der Waals surface area contributed by atoms with Crippen LogP contribution in [0.25, 0.3) is 0 Å². The standard InChI is InChI=1S/C13H20N2O2/c1-4-9(5-2)15-11-8-6-7-10(12(11)14)13(16)17-3/h6-9,15H,4-5,14H2,1-3H3. The number of nitrogens with one attached hydrogen (secondary N) is 1. The van der Waals surface area contributed by atoms with E-state index in [0.717, 1.165) is 18.5 Å². The molecule has 1 rings (SSSR count). The molecule has 0 fully saturated rings. The number of ether oxygens (including phenoxy) is 1. The number of anilines is 2. The van der Waals surface area contributed by atoms with E-state index in [-0.39, 0.29) is 0 Å². The fourth-order valence-corrected chi connectivity index (χ4v) is 1.69. The van der Waals surface area contributed by atoms with E-state index in [9.17, 15) is 4.79 Å². The Balaban J connectivity index is 2.97. The molecular weight excluding hydrogens is 216 g/mol. The van der Waals surface area contributed by atoms with Crippen molar-refractivity contribution in [3.05, 3.63) is 23.8 Å². The Morgan fingerprint density at radius 3 is 2.59 bits per heavy atom. The highest BCUT2D eigenvalue weighted by Gasteiger charge is 2.13. The molecule has 0 atom stereocenters. The van der Waals surface area contributed by atoms with E-state index in [4.69, 9.17) is 5.73 Å². The predicted octanol–water partition coefficient (Wildman–Crippen LogP) is 2.66. The lowest BCUT2D eigenvalue weighted by Crippen LogP contribution is -2.19. The van der Waals surface area contributed by atoms with E-state index in [1.54, 1.807) is 12.1 Å². The molecule has 4 heteroatoms. The summed E-state index contributed by atoms with van der Waals surface area (Å²) in [5.74, 6) is -0.407. The van der Waals surface area contributed by atoms with Gasteiger partial charge in [0.2, 0.25) is 0 Å². The molecular formula is C13H20N2O2. The quantitative estimate of drug-likeness (QED) is 0.609. The number of carbonyl (C=O) groups excluding carboxylic acids is 1. The number of esters is 1. The summed E-state index contributed by atoms with van der Waals surface area (Å²) < 4.78 is 4.68. The van der Waals surface area contributed by atoms with Crippen molar-refractivity contribution in [3.8, 4) is 0 Å². The third-order valence-electron chi connectivity index (χ3n) is 2.86. The Hall–Kier alpha value is -1.71. The highest BCUT2D eigenvalue weighted by Crippen LogP contribution is 2.24. The lowest BCUT2D eigenvalue weighted by molar-refractivity contribution is 0.0602. The molecule has 94 valence electrons. The predicted molar refractivity (Wildman–Crippen MR) is 70.2 cm³/mol. The third-order valence-corrected chi connectivity index (χ3v) is 2.86. The summed E-state index contributed by atoms with van der Waals surface area (Å²) >= 11 is 0. The van der Waals surface area contributed by atoms with Gasteiger partial charge in [-0.25, -0.2) is 4.79 Å². The first-order chi connectivity index (χ1) is 8.13. The second-order valence-corrected chi connectivity index (χ2v) is 3.92. The fraction of sp³-hybridized carbons (Fsp3) is 0.462. The molecule has 3 N–H and O–H groups in total. The summed E-state index contributed by atoms with van der Waals surface area (Å²) in [6.45, 7) is 4.23. The minimum Gasteiger partial charge on any atom is -0.465 e. The van der Waals surface area contributed by atoms with E-state index < -0.39 is 5.97 Å². The molecule has 0 radical (unpaired) electrons. The number of nitrogen functional groups attached to an aromatic ring is 1. The number of rotatable bonds is 5. The van der Waals surface area contributed by atoms with Gasteiger partial charge in [-0.3, -0.25) is 0 Å². The topological polar surface area (TPSA) is 64.3 Å². The molecule has 0 heterocycles. The van der Waals surface area contributed by atoms with Gasteiger partial charge in [0.1, 0.15) is 0 Å². The summed E-state index contributed by atoms with van der Waals surface area (Å²) in [5, 5.41) is 3.33. The zero-order chi connectivity index (χ0) is 12.8. The molecule has 4 nitrogen and oxygen atoms in total. The van der Waals surface area contributed by atoms with Gasteiger partial charge in [0.15, 0.2) is 0 Å². The summed E-state index contributed by atoms with van der Waals surface area (Å²) in [6.07, 6.45) is 2.02. The molecule has 0 amide bonds. The van der Waals surface area contributed by atoms with E-state index >= 15 is 0 Å². The number of carbonyl (C=O) groups is 1. The van der Waals surface area contributed by atoms with Gasteiger partial charge in [-0.1, -0.05) is 19.9 Å². The smallest absolute Gasteiger partial charge is 0.340 e. The first-order valence-corrected chi connectivity index (χ1v) is 5.87. The van der Waals surface area contributed by atoms with Gasteiger partial charge in [-0.15, -0.1) is 0 Å². The molecule has 0 aliphatic carbocycles. The molecule has 0 aliphatic heterocycles. The van der Waals surface area contributed by atoms with E-state index in [1.807, 2.05) is 6.07 Å². The van der Waals surface area contributed by atoms with E-state index in [1.165, 1.54) is 7.11 Å². The van der Waals surface area contributed by atoms with Gasteiger partial charge < -0.3 is 15.8 Å². The van der Waals surface area contributed by atoms with Gasteiger partial charge in [-0.05, 0) is 25.0 Å². The second kappa shape index (κ2) is 6.13. The molecule has 0 unspecified atom stereocenters. The lowest BCUT2D eigenvalue weighted by Gasteiger charge is -2.18. The van der Waals surface area contributed by atoms with Gasteiger partial charge in [-0.2, -0.15) is 0 Å². The summed E-state index contributed by atoms with van der Waals surface area (Å²) in [6, 6.07) is 5.71. The average Bonchev–Trinajstić information content (AvgIpc) is 2.36. The minimum atomic E-state index is -0.407. The van der Waals surface area contributed by atoms with Crippen LogP contribution in [0.2, 0.25) is 0 Å². The van der Waals surface area contributed by atoms with Crippen LogP contribution in [0.4, 0.5) is 11.4 Å². The molecule has 0 saturated heterocycles. The number of methoxy groups -OCH3 is 1. The number of hydrogen-bond donors (Lipinski definition) is 2. The van der Waals surface area contributed by atoms with Crippen molar-refractivity contribution in [2.75, 3.05) is 18.2 Å². The average molecular weight is 236 g/mol. The van der Waals surface area contributed by atoms with Crippen molar-refractivity contribution in [1.29, 1.82) is 0 Å². The van der Waals surface area contributed by atoms with Crippen LogP contribution in [-0.2, 0) is 4.74 Å². The maximum absolute atomic E-state index is 11.5. The molecule has 0 spiro atoms. The van der Waals surface area contributed by atoms with Crippen molar-refractivity contribution in [2.45, 2.75) is 32.7 Å². The Morgan fingerprint density at radius 1 is 1.41 bits per heavy atom. The second-order valence-electron chi connectivity index (χ2n) is 3.92. The van der Waals surface area contributed by atoms with Crippen LogP contribution in [0.15, 0.2) is 18.2 Å². The molecule has 0 aromatic heterocycles. The molecule has 1 aromatic carbocycles. The Kier molecular flexibility index (Phi) is 4.82. The van der Waals surface area contributed by atoms with Crippen molar-refractivity contribution in [3.63, 3.8) is 0 Å². The molecule has 0 saturated carbocycles. The molecule has 17 heavy (non-hydrogen) atoms. The number of benzene rings is 1. The van der Waals surface area contributed by atoms with Crippen LogP contribution in [0, 0.1) is 0 Å². The number of hydrogen-bond acceptors (Lipinski definition) is 4. The summed E-state index contributed by atoms with van der Waals surface area (Å²) in [5.41, 5.74) is 7.60. The molecule has 0 bridgehead atoms. The maximum Gasteiger partial charge on any atom is 0.340 e. The van der Waals surface area contributed by atoms with Crippen molar-refractivity contribution < 1.29 is 9.53 Å². The van der Waals surface area contributed by atoms with Crippen LogP contribution in [0.3, 0.4) is 0 Å². The van der Waals surface area contributed by atoms with Crippen LogP contribution in [0.5, 0.6) is 0 Å². The lowest BCUT2D eigenvalue weighted by atomic mass is 10.1. The summed E-state index contributed by atoms with van der Waals surface area (Å²) in [7, 11) is 1.35. The maximum atomic E-state index is 11.5. The first-order valence-electron chi connectivity index (χ1n) is 5.87. The van der Waals surface area contributed by atoms with E-state index in [2.05, 4.69) is 23.9 Å². The van der Waals surface area contributed by atoms with Crippen molar-refractivity contribution >= 4 is 17.3 Å². The third kappa shape index (κ3) is 3.12. The van der Waals surface area contributed by atoms with Gasteiger partial charge >= 0.3 is 5.97 Å². The van der Waals surface area contributed by atoms with E-state index in [0.29, 0.717) is 17.3 Å². The zero-order valence-electron chi connectivity index (χ0n) is 10.6. The van der Waals surface area contributed by atoms with Gasteiger partial charge in [0, 0.05) is 6.04 Å². The highest BCUT2D eigenvalue weighted by atomic mass is 16.5. The van der Waals surface area contributed by atoms with Crippen LogP contribution in [0.1, 0.15) is 37.0 Å². The van der Waals surface area contributed by atoms with Crippen LogP contribution in [-0.4, -0.2) is 19.1 Å². The first kappa shape index (κ1) is 13.4. The molecule has 1 aromatic rings. The monoisotopic (exact) mass is 236 g/mol. The Bertz CT molecular complexity index is 387. The highest BCUT2D eigenvalue weighted by molar-refractivity contribution is 5.98. The van der Waals surface area contributed by atoms with Gasteiger partial charge in [0.05, 0.1) is 24.0 Å². The Labute approximate surface area is 102 Å². The normalized spacial score (nSPS) is 10.4. The van der Waals surface area contributed by atoms with Crippen LogP contribution < -0.4 is 11.1 Å². The number of nitrogens with two attached hydrogens (primary N) is 1. The zero-order valence-corrected chi connectivity index (χ0v) is 10.6. The fourth-order valence-electron chi connectivity index (χ4n) is 1.69. The van der Waals surface area contributed by atoms with Crippen molar-refractivity contribution in [1.82, 2.24) is 0 Å². The largest absolute Gasteiger partial charge is 0.465 e. The van der Waals surface area contributed by atoms with Crippen molar-refractivity contribution in [2.24, 2.45) is 0 Å². The van der Waals surface area contributed by atoms with Crippen LogP contribution >= 0.6 is 0 Å². The summed E-state index contributed by atoms with van der Waals surface area (Å²) in [4.78, 5) is 11.5. The SMILES string of the molecule is CCC(CC)Nc1cccc(C(=O)OC)c1N. The molecule has 0 aliphatic rings. The van der Waals surface area contributed by atoms with Gasteiger partial charge in [0.25, 0.3) is 0 Å². The number of para-hydroxylation sites is 1.